The number of nitriles is 1. The molecule has 5 aromatic rings. The Bertz CT molecular complexity index is 2020. The maximum Gasteiger partial charge on any atom is 1.00 e. The van der Waals surface area contributed by atoms with Crippen LogP contribution in [-0.2, 0) is 27.8 Å². The van der Waals surface area contributed by atoms with Crippen molar-refractivity contribution in [3.8, 4) is 23.0 Å². The molecule has 43 heavy (non-hydrogen) atoms. The van der Waals surface area contributed by atoms with Crippen LogP contribution in [0.3, 0.4) is 0 Å². The Labute approximate surface area is 288 Å². The van der Waals surface area contributed by atoms with Crippen LogP contribution in [0.25, 0.3) is 38.9 Å². The number of hydrogen-bond acceptors (Lipinski definition) is 11. The molecule has 4 heterocycles. The van der Waals surface area contributed by atoms with Gasteiger partial charge in [0, 0.05) is 18.0 Å². The van der Waals surface area contributed by atoms with Gasteiger partial charge in [-0.15, -0.1) is 0 Å². The van der Waals surface area contributed by atoms with Crippen molar-refractivity contribution >= 4 is 29.8 Å². The van der Waals surface area contributed by atoms with E-state index in [-0.39, 0.29) is 87.8 Å². The van der Waals surface area contributed by atoms with E-state index in [0.29, 0.717) is 32.6 Å². The third-order valence-corrected chi connectivity index (χ3v) is 6.99. The molecule has 5 rings (SSSR count). The number of aromatic nitrogens is 5. The maximum absolute atomic E-state index is 13.7. The molecule has 1 aromatic carbocycles. The minimum Gasteiger partial charge on any atom is -0.790 e. The zero-order valence-corrected chi connectivity index (χ0v) is 28.6. The molecule has 0 spiro atoms. The SMILES string of the molecule is CC(C)(C#N)c1ccc(-n2c(=O)n(COP(=O)([O-])[O-])c(=O)c3cnc4ccc(-c5ccc(CO)nc5)nc4c32)cc1.[Na+].[Na+]. The first-order chi connectivity index (χ1) is 19.4. The Balaban J connectivity index is 0.00000253. The second-order valence-electron chi connectivity index (χ2n) is 9.62. The molecule has 0 amide bonds. The van der Waals surface area contributed by atoms with Gasteiger partial charge < -0.3 is 24.0 Å². The second-order valence-corrected chi connectivity index (χ2v) is 10.8. The molecule has 13 nitrogen and oxygen atoms in total. The molecule has 1 N–H and O–H groups in total. The molecule has 0 aliphatic carbocycles. The zero-order chi connectivity index (χ0) is 29.5. The molecule has 0 radical (unpaired) electrons. The first-order valence-electron chi connectivity index (χ1n) is 12.1. The van der Waals surface area contributed by atoms with Gasteiger partial charge in [0.1, 0.15) is 12.2 Å². The summed E-state index contributed by atoms with van der Waals surface area (Å²) in [7, 11) is -5.52. The Hall–Kier alpha value is -2.57. The van der Waals surface area contributed by atoms with Gasteiger partial charge in [0.05, 0.1) is 59.4 Å². The summed E-state index contributed by atoms with van der Waals surface area (Å²) >= 11 is 0. The van der Waals surface area contributed by atoms with Crippen LogP contribution in [0.4, 0.5) is 0 Å². The molecule has 208 valence electrons. The number of benzene rings is 1. The predicted octanol–water partition coefficient (Wildman–Crippen LogP) is -4.74. The molecule has 0 saturated heterocycles. The number of aliphatic hydroxyl groups is 1. The second kappa shape index (κ2) is 13.6. The van der Waals surface area contributed by atoms with E-state index >= 15 is 0 Å². The van der Waals surface area contributed by atoms with Crippen molar-refractivity contribution in [2.24, 2.45) is 0 Å². The van der Waals surface area contributed by atoms with E-state index < -0.39 is 31.2 Å². The van der Waals surface area contributed by atoms with Gasteiger partial charge in [0.25, 0.3) is 5.56 Å². The van der Waals surface area contributed by atoms with Crippen LogP contribution < -0.4 is 80.2 Å². The number of phosphoric ester groups is 1. The predicted molar refractivity (Wildman–Crippen MR) is 143 cm³/mol. The van der Waals surface area contributed by atoms with Crippen LogP contribution in [0.1, 0.15) is 25.1 Å². The Kier molecular flexibility index (Phi) is 11.0. The van der Waals surface area contributed by atoms with E-state index in [9.17, 15) is 34.3 Å². The first-order valence-corrected chi connectivity index (χ1v) is 13.6. The van der Waals surface area contributed by atoms with Crippen molar-refractivity contribution in [1.82, 2.24) is 24.1 Å². The molecule has 4 aromatic heterocycles. The molecule has 0 aliphatic heterocycles. The van der Waals surface area contributed by atoms with Gasteiger partial charge in [0.2, 0.25) is 0 Å². The number of hydrogen-bond donors (Lipinski definition) is 1. The van der Waals surface area contributed by atoms with Gasteiger partial charge in [-0.2, -0.15) is 5.26 Å². The van der Waals surface area contributed by atoms with Crippen LogP contribution in [0.5, 0.6) is 0 Å². The van der Waals surface area contributed by atoms with Crippen LogP contribution in [-0.4, -0.2) is 29.2 Å². The molecule has 0 unspecified atom stereocenters. The summed E-state index contributed by atoms with van der Waals surface area (Å²) in [6.07, 6.45) is 2.75. The third-order valence-electron chi connectivity index (χ3n) is 6.56. The zero-order valence-electron chi connectivity index (χ0n) is 23.7. The molecule has 16 heteroatoms. The minimum atomic E-state index is -5.52. The van der Waals surface area contributed by atoms with Crippen molar-refractivity contribution in [1.29, 1.82) is 5.26 Å². The fourth-order valence-electron chi connectivity index (χ4n) is 4.29. The molecule has 0 saturated carbocycles. The number of phosphoric acid groups is 1. The minimum absolute atomic E-state index is 0. The Morgan fingerprint density at radius 2 is 1.72 bits per heavy atom. The number of fused-ring (bicyclic) bond motifs is 3. The Morgan fingerprint density at radius 1 is 1.02 bits per heavy atom. The van der Waals surface area contributed by atoms with Gasteiger partial charge >= 0.3 is 64.8 Å². The van der Waals surface area contributed by atoms with Gasteiger partial charge in [-0.05, 0) is 55.8 Å². The van der Waals surface area contributed by atoms with E-state index in [1.807, 2.05) is 0 Å². The quantitative estimate of drug-likeness (QED) is 0.104. The fourth-order valence-corrected chi connectivity index (χ4v) is 4.55. The third kappa shape index (κ3) is 7.06. The van der Waals surface area contributed by atoms with E-state index in [4.69, 9.17) is 4.98 Å². The summed E-state index contributed by atoms with van der Waals surface area (Å²) in [6, 6.07) is 15.4. The standard InChI is InChI=1S/C27H23N6O7P.2Na/c1-27(2,14-28)17-4-7-19(8-5-17)33-24-20(25(35)32(26(33)36)15-40-41(37,38)39)12-30-22-10-9-21(31-23(22)24)16-3-6-18(13-34)29-11-16;;/h3-12,34H,13,15H2,1-2H3,(H2,37,38,39);;/q;2*+1/p-2. The number of rotatable bonds is 7. The van der Waals surface area contributed by atoms with Crippen molar-refractivity contribution in [3.63, 3.8) is 0 Å². The normalized spacial score (nSPS) is 11.5. The van der Waals surface area contributed by atoms with Gasteiger partial charge in [0.15, 0.2) is 0 Å². The molecule has 0 atom stereocenters. The van der Waals surface area contributed by atoms with Crippen molar-refractivity contribution in [2.75, 3.05) is 0 Å². The van der Waals surface area contributed by atoms with Crippen LogP contribution in [0.2, 0.25) is 0 Å². The van der Waals surface area contributed by atoms with E-state index in [0.717, 1.165) is 4.57 Å². The topological polar surface area (TPSA) is 199 Å². The summed E-state index contributed by atoms with van der Waals surface area (Å²) in [5.41, 5.74) is 0.320. The van der Waals surface area contributed by atoms with Crippen LogP contribution >= 0.6 is 7.82 Å². The summed E-state index contributed by atoms with van der Waals surface area (Å²) < 4.78 is 17.1. The van der Waals surface area contributed by atoms with Crippen LogP contribution in [0.15, 0.2) is 70.5 Å². The molecule has 0 fully saturated rings. The van der Waals surface area contributed by atoms with Gasteiger partial charge in [-0.1, -0.05) is 12.1 Å². The Morgan fingerprint density at radius 3 is 2.30 bits per heavy atom. The summed E-state index contributed by atoms with van der Waals surface area (Å²) in [5, 5.41) is 18.7. The average Bonchev–Trinajstić information content (AvgIpc) is 2.96. The van der Waals surface area contributed by atoms with Gasteiger partial charge in [-0.3, -0.25) is 19.3 Å². The fraction of sp³-hybridized carbons (Fsp3) is 0.185. The summed E-state index contributed by atoms with van der Waals surface area (Å²) in [5.74, 6) is 0. The van der Waals surface area contributed by atoms with E-state index in [1.54, 1.807) is 62.4 Å². The molecule has 0 aliphatic rings. The number of nitrogens with zero attached hydrogens (tertiary/aromatic N) is 6. The molecular weight excluding hydrogens is 597 g/mol. The largest absolute Gasteiger partial charge is 1.00 e. The van der Waals surface area contributed by atoms with E-state index in [1.165, 1.54) is 12.4 Å². The molecular formula is C27H21N6Na2O7P. The summed E-state index contributed by atoms with van der Waals surface area (Å²) in [6.45, 7) is 2.10. The first kappa shape index (κ1) is 34.9. The smallest absolute Gasteiger partial charge is 0.790 e. The van der Waals surface area contributed by atoms with E-state index in [2.05, 4.69) is 20.6 Å². The molecule has 0 bridgehead atoms. The monoisotopic (exact) mass is 618 g/mol. The van der Waals surface area contributed by atoms with Crippen LogP contribution in [0, 0.1) is 11.3 Å². The van der Waals surface area contributed by atoms with Gasteiger partial charge in [-0.25, -0.2) is 14.3 Å². The van der Waals surface area contributed by atoms with Crippen molar-refractivity contribution in [2.45, 2.75) is 32.6 Å². The van der Waals surface area contributed by atoms with Crippen molar-refractivity contribution < 1.29 is 83.1 Å². The average molecular weight is 618 g/mol. The number of aliphatic hydroxyl groups excluding tert-OH is 1. The summed E-state index contributed by atoms with van der Waals surface area (Å²) in [4.78, 5) is 62.6. The number of pyridine rings is 3. The maximum atomic E-state index is 13.7. The van der Waals surface area contributed by atoms with Crippen molar-refractivity contribution in [3.05, 3.63) is 93.0 Å².